The molecule has 0 radical (unpaired) electrons. The van der Waals surface area contributed by atoms with Crippen LogP contribution in [0, 0.1) is 0 Å². The number of hydrogen-bond donors (Lipinski definition) is 0. The van der Waals surface area contributed by atoms with E-state index >= 15 is 0 Å². The van der Waals surface area contributed by atoms with Crippen molar-refractivity contribution < 1.29 is 0 Å². The van der Waals surface area contributed by atoms with Crippen molar-refractivity contribution in [1.29, 1.82) is 0 Å². The Morgan fingerprint density at radius 3 is 1.50 bits per heavy atom. The Morgan fingerprint density at radius 2 is 1.14 bits per heavy atom. The second kappa shape index (κ2) is 9.89. The normalized spacial score (nSPS) is 11.2. The number of aryl methyl sites for hydroxylation is 2. The minimum Gasteiger partial charge on any atom is -0.242 e. The van der Waals surface area contributed by atoms with Gasteiger partial charge in [0.25, 0.3) is 0 Å². The molecule has 0 spiro atoms. The summed E-state index contributed by atoms with van der Waals surface area (Å²) >= 11 is 3.69. The van der Waals surface area contributed by atoms with E-state index in [1.807, 2.05) is 59.4 Å². The fraction of sp³-hybridized carbons (Fsp3) is 0.714. The van der Waals surface area contributed by atoms with Gasteiger partial charge in [-0.05, 0) is 24.3 Å². The average Bonchev–Trinajstić information content (AvgIpc) is 3.10. The largest absolute Gasteiger partial charge is 0.242 e. The van der Waals surface area contributed by atoms with E-state index in [4.69, 9.17) is 0 Å². The topological polar surface area (TPSA) is 61.4 Å². The molecule has 122 valence electrons. The molecule has 0 bridgehead atoms. The van der Waals surface area contributed by atoms with Crippen molar-refractivity contribution in [3.05, 3.63) is 12.4 Å². The van der Waals surface area contributed by atoms with Gasteiger partial charge in [0.2, 0.25) is 0 Å². The molecule has 0 aliphatic heterocycles. The number of thioether (sulfide) groups is 2. The number of hydrogen-bond acceptors (Lipinski definition) is 6. The molecule has 0 amide bonds. The maximum absolute atomic E-state index is 3.93. The van der Waals surface area contributed by atoms with Gasteiger partial charge < -0.3 is 0 Å². The number of rotatable bonds is 11. The van der Waals surface area contributed by atoms with E-state index < -0.39 is 0 Å². The predicted octanol–water partition coefficient (Wildman–Crippen LogP) is 3.17. The van der Waals surface area contributed by atoms with Gasteiger partial charge in [-0.15, -0.1) is 33.7 Å². The first-order valence-electron chi connectivity index (χ1n) is 7.72. The molecule has 0 N–H and O–H groups in total. The third kappa shape index (κ3) is 6.00. The molecule has 8 heteroatoms. The Kier molecular flexibility index (Phi) is 7.79. The summed E-state index contributed by atoms with van der Waals surface area (Å²) in [5.41, 5.74) is 0. The van der Waals surface area contributed by atoms with Crippen molar-refractivity contribution in [2.45, 2.75) is 48.6 Å². The first-order valence-corrected chi connectivity index (χ1v) is 9.69. The molecule has 0 aliphatic rings. The minimum absolute atomic E-state index is 1.15. The van der Waals surface area contributed by atoms with Gasteiger partial charge in [0, 0.05) is 14.1 Å². The lowest BCUT2D eigenvalue weighted by molar-refractivity contribution is 0.627. The molecule has 0 aliphatic carbocycles. The quantitative estimate of drug-likeness (QED) is 0.462. The van der Waals surface area contributed by atoms with Crippen LogP contribution in [0.2, 0.25) is 0 Å². The summed E-state index contributed by atoms with van der Waals surface area (Å²) in [6.07, 6.45) is 11.5. The highest BCUT2D eigenvalue weighted by Gasteiger charge is 2.01. The number of aromatic nitrogens is 6. The van der Waals surface area contributed by atoms with E-state index in [0.29, 0.717) is 0 Å². The fourth-order valence-electron chi connectivity index (χ4n) is 2.09. The van der Waals surface area contributed by atoms with Gasteiger partial charge in [0.15, 0.2) is 0 Å². The number of nitrogens with zero attached hydrogens (tertiary/aromatic N) is 6. The maximum Gasteiger partial charge on any atom is 0.114 e. The average molecular weight is 341 g/mol. The van der Waals surface area contributed by atoms with E-state index in [2.05, 4.69) is 20.6 Å². The molecule has 2 aromatic rings. The highest BCUT2D eigenvalue weighted by atomic mass is 32.2. The van der Waals surface area contributed by atoms with Gasteiger partial charge in [-0.2, -0.15) is 0 Å². The highest BCUT2D eigenvalue weighted by Crippen LogP contribution is 2.19. The van der Waals surface area contributed by atoms with Gasteiger partial charge in [-0.3, -0.25) is 0 Å². The second-order valence-corrected chi connectivity index (χ2v) is 7.44. The molecule has 2 heterocycles. The smallest absolute Gasteiger partial charge is 0.114 e. The van der Waals surface area contributed by atoms with Gasteiger partial charge in [-0.1, -0.05) is 36.1 Å². The summed E-state index contributed by atoms with van der Waals surface area (Å²) in [5.74, 6) is 2.31. The molecule has 0 unspecified atom stereocenters. The zero-order valence-electron chi connectivity index (χ0n) is 13.3. The summed E-state index contributed by atoms with van der Waals surface area (Å²) in [4.78, 5) is 0. The van der Waals surface area contributed by atoms with Gasteiger partial charge in [-0.25, -0.2) is 9.36 Å². The summed E-state index contributed by atoms with van der Waals surface area (Å²) in [7, 11) is 3.88. The Morgan fingerprint density at radius 1 is 0.727 bits per heavy atom. The molecule has 0 saturated carbocycles. The molecule has 0 saturated heterocycles. The summed E-state index contributed by atoms with van der Waals surface area (Å²) in [6, 6.07) is 0. The fourth-order valence-corrected chi connectivity index (χ4v) is 3.89. The molecular formula is C14H24N6S2. The number of unbranched alkanes of at least 4 members (excludes halogenated alkanes) is 5. The third-order valence-electron chi connectivity index (χ3n) is 3.38. The maximum atomic E-state index is 3.93. The van der Waals surface area contributed by atoms with Crippen molar-refractivity contribution >= 4 is 23.5 Å². The molecule has 2 aromatic heterocycles. The molecule has 0 atom stereocenters. The van der Waals surface area contributed by atoms with E-state index in [-0.39, 0.29) is 0 Å². The monoisotopic (exact) mass is 340 g/mol. The van der Waals surface area contributed by atoms with Crippen LogP contribution >= 0.6 is 23.5 Å². The van der Waals surface area contributed by atoms with Crippen LogP contribution in [-0.2, 0) is 14.1 Å². The summed E-state index contributed by atoms with van der Waals surface area (Å²) in [5, 5.41) is 17.9. The van der Waals surface area contributed by atoms with Gasteiger partial charge in [0.1, 0.15) is 10.1 Å². The van der Waals surface area contributed by atoms with Crippen molar-refractivity contribution in [2.75, 3.05) is 11.5 Å². The molecule has 2 rings (SSSR count). The third-order valence-corrected chi connectivity index (χ3v) is 5.70. The predicted molar refractivity (Wildman–Crippen MR) is 91.2 cm³/mol. The molecule has 22 heavy (non-hydrogen) atoms. The lowest BCUT2D eigenvalue weighted by Crippen LogP contribution is -1.93. The van der Waals surface area contributed by atoms with E-state index in [0.717, 1.165) is 21.6 Å². The summed E-state index contributed by atoms with van der Waals surface area (Å²) in [6.45, 7) is 0. The lowest BCUT2D eigenvalue weighted by atomic mass is 10.1. The van der Waals surface area contributed by atoms with E-state index in [1.54, 1.807) is 0 Å². The van der Waals surface area contributed by atoms with Crippen molar-refractivity contribution in [3.8, 4) is 0 Å². The zero-order valence-corrected chi connectivity index (χ0v) is 14.9. The SMILES string of the molecule is Cn1nncc1SCCCCCCCCSc1cnnn1C. The van der Waals surface area contributed by atoms with Crippen molar-refractivity contribution in [2.24, 2.45) is 14.1 Å². The van der Waals surface area contributed by atoms with E-state index in [1.165, 1.54) is 38.5 Å². The zero-order chi connectivity index (χ0) is 15.6. The Bertz CT molecular complexity index is 491. The summed E-state index contributed by atoms with van der Waals surface area (Å²) < 4.78 is 3.67. The van der Waals surface area contributed by atoms with Crippen LogP contribution in [0.1, 0.15) is 38.5 Å². The minimum atomic E-state index is 1.15. The Labute approximate surface area is 140 Å². The van der Waals surface area contributed by atoms with Crippen molar-refractivity contribution in [3.63, 3.8) is 0 Å². The molecule has 6 nitrogen and oxygen atoms in total. The first-order chi connectivity index (χ1) is 10.8. The first kappa shape index (κ1) is 17.3. The highest BCUT2D eigenvalue weighted by molar-refractivity contribution is 7.99. The van der Waals surface area contributed by atoms with Crippen LogP contribution in [-0.4, -0.2) is 41.5 Å². The molecule has 0 fully saturated rings. The van der Waals surface area contributed by atoms with Crippen molar-refractivity contribution in [1.82, 2.24) is 30.0 Å². The Balaban J connectivity index is 1.39. The van der Waals surface area contributed by atoms with Crippen LogP contribution in [0.4, 0.5) is 0 Å². The molecule has 0 aromatic carbocycles. The van der Waals surface area contributed by atoms with Crippen LogP contribution in [0.15, 0.2) is 22.4 Å². The standard InChI is InChI=1S/C14H24N6S2/c1-19-13(11-15-17-19)21-9-7-5-3-4-6-8-10-22-14-12-16-18-20(14)2/h11-12H,3-10H2,1-2H3. The van der Waals surface area contributed by atoms with E-state index in [9.17, 15) is 0 Å². The van der Waals surface area contributed by atoms with Crippen LogP contribution in [0.25, 0.3) is 0 Å². The van der Waals surface area contributed by atoms with Crippen LogP contribution < -0.4 is 0 Å². The Hall–Kier alpha value is -1.02. The van der Waals surface area contributed by atoms with Crippen LogP contribution in [0.3, 0.4) is 0 Å². The van der Waals surface area contributed by atoms with Crippen LogP contribution in [0.5, 0.6) is 0 Å². The second-order valence-electron chi connectivity index (χ2n) is 5.21. The molecular weight excluding hydrogens is 316 g/mol. The lowest BCUT2D eigenvalue weighted by Gasteiger charge is -2.03. The van der Waals surface area contributed by atoms with Gasteiger partial charge in [0.05, 0.1) is 12.4 Å². The van der Waals surface area contributed by atoms with Gasteiger partial charge >= 0.3 is 0 Å².